The Morgan fingerprint density at radius 3 is 2.71 bits per heavy atom. The molecule has 3 aromatic rings. The van der Waals surface area contributed by atoms with Crippen LogP contribution in [0.5, 0.6) is 0 Å². The third-order valence-electron chi connectivity index (χ3n) is 4.95. The number of hydrogen-bond donors (Lipinski definition) is 2. The number of halogens is 1. The molecule has 0 spiro atoms. The summed E-state index contributed by atoms with van der Waals surface area (Å²) in [7, 11) is 0. The lowest BCUT2D eigenvalue weighted by atomic mass is 10.2. The van der Waals surface area contributed by atoms with Gasteiger partial charge in [0.2, 0.25) is 5.91 Å². The highest BCUT2D eigenvalue weighted by atomic mass is 35.5. The molecule has 2 heterocycles. The van der Waals surface area contributed by atoms with Gasteiger partial charge in [-0.2, -0.15) is 0 Å². The van der Waals surface area contributed by atoms with Crippen LogP contribution in [0.25, 0.3) is 11.1 Å². The van der Waals surface area contributed by atoms with E-state index < -0.39 is 5.76 Å². The van der Waals surface area contributed by atoms with Crippen LogP contribution in [0, 0.1) is 6.92 Å². The van der Waals surface area contributed by atoms with Crippen molar-refractivity contribution in [3.63, 3.8) is 0 Å². The molecule has 2 aromatic carbocycles. The molecule has 1 amide bonds. The summed E-state index contributed by atoms with van der Waals surface area (Å²) < 4.78 is 5.02. The van der Waals surface area contributed by atoms with Gasteiger partial charge in [-0.3, -0.25) is 14.7 Å². The number of fused-ring (bicyclic) bond motifs is 1. The first-order valence-corrected chi connectivity index (χ1v) is 9.52. The molecular weight excluding hydrogens is 380 g/mol. The highest BCUT2D eigenvalue weighted by molar-refractivity contribution is 6.31. The number of aromatic nitrogens is 1. The Hall–Kier alpha value is -2.77. The highest BCUT2D eigenvalue weighted by Crippen LogP contribution is 2.23. The molecule has 2 N–H and O–H groups in total. The lowest BCUT2D eigenvalue weighted by molar-refractivity contribution is -0.117. The zero-order chi connectivity index (χ0) is 19.7. The van der Waals surface area contributed by atoms with Crippen LogP contribution in [0.3, 0.4) is 0 Å². The van der Waals surface area contributed by atoms with E-state index in [0.29, 0.717) is 23.3 Å². The molecule has 1 aromatic heterocycles. The molecule has 4 rings (SSSR count). The summed E-state index contributed by atoms with van der Waals surface area (Å²) in [4.78, 5) is 30.6. The Balaban J connectivity index is 1.31. The molecule has 0 bridgehead atoms. The fraction of sp³-hybridized carbons (Fsp3) is 0.300. The number of aryl methyl sites for hydroxylation is 1. The number of carbonyl (C=O) groups is 1. The Kier molecular flexibility index (Phi) is 5.11. The Morgan fingerprint density at radius 1 is 1.18 bits per heavy atom. The van der Waals surface area contributed by atoms with Crippen molar-refractivity contribution in [2.75, 3.05) is 42.9 Å². The van der Waals surface area contributed by atoms with Crippen molar-refractivity contribution in [1.29, 1.82) is 0 Å². The summed E-state index contributed by atoms with van der Waals surface area (Å²) in [6.45, 7) is 5.65. The van der Waals surface area contributed by atoms with Crippen LogP contribution in [0.2, 0.25) is 5.02 Å². The van der Waals surface area contributed by atoms with Gasteiger partial charge in [0, 0.05) is 48.6 Å². The molecule has 8 heteroatoms. The molecule has 7 nitrogen and oxygen atoms in total. The number of benzene rings is 2. The van der Waals surface area contributed by atoms with Crippen molar-refractivity contribution in [2.24, 2.45) is 0 Å². The van der Waals surface area contributed by atoms with E-state index >= 15 is 0 Å². The first-order valence-electron chi connectivity index (χ1n) is 9.14. The third-order valence-corrected chi connectivity index (χ3v) is 5.38. The van der Waals surface area contributed by atoms with Gasteiger partial charge in [0.05, 0.1) is 12.1 Å². The SMILES string of the molecule is Cc1cc(N2CCN(CC(=O)Nc3ccc4[nH]c(=O)oc4c3)CC2)ccc1Cl. The standard InChI is InChI=1S/C20H21ClN4O3/c1-13-10-15(3-4-16(13)21)25-8-6-24(7-9-25)12-19(26)22-14-2-5-17-18(11-14)28-20(27)23-17/h2-5,10-11H,6-9,12H2,1H3,(H,22,26)(H,23,27). The van der Waals surface area contributed by atoms with E-state index in [1.807, 2.05) is 19.1 Å². The normalized spacial score (nSPS) is 15.1. The summed E-state index contributed by atoms with van der Waals surface area (Å²) in [6.07, 6.45) is 0. The second-order valence-corrected chi connectivity index (χ2v) is 7.38. The summed E-state index contributed by atoms with van der Waals surface area (Å²) in [5, 5.41) is 3.64. The van der Waals surface area contributed by atoms with Crippen LogP contribution in [0.15, 0.2) is 45.6 Å². The predicted octanol–water partition coefficient (Wildman–Crippen LogP) is 2.84. The third kappa shape index (κ3) is 4.05. The number of nitrogens with one attached hydrogen (secondary N) is 2. The topological polar surface area (TPSA) is 81.6 Å². The summed E-state index contributed by atoms with van der Waals surface area (Å²) >= 11 is 6.11. The zero-order valence-electron chi connectivity index (χ0n) is 15.5. The molecule has 0 radical (unpaired) electrons. The minimum Gasteiger partial charge on any atom is -0.408 e. The second-order valence-electron chi connectivity index (χ2n) is 6.97. The number of carbonyl (C=O) groups excluding carboxylic acids is 1. The first kappa shape index (κ1) is 18.6. The second kappa shape index (κ2) is 7.69. The molecular formula is C20H21ClN4O3. The summed E-state index contributed by atoms with van der Waals surface area (Å²) in [6, 6.07) is 11.2. The largest absolute Gasteiger partial charge is 0.417 e. The highest BCUT2D eigenvalue weighted by Gasteiger charge is 2.19. The van der Waals surface area contributed by atoms with Crippen molar-refractivity contribution < 1.29 is 9.21 Å². The number of oxazole rings is 1. The quantitative estimate of drug-likeness (QED) is 0.703. The fourth-order valence-electron chi connectivity index (χ4n) is 3.42. The maximum atomic E-state index is 12.4. The maximum absolute atomic E-state index is 12.4. The summed E-state index contributed by atoms with van der Waals surface area (Å²) in [5.74, 6) is -0.597. The zero-order valence-corrected chi connectivity index (χ0v) is 16.3. The van der Waals surface area contributed by atoms with E-state index in [4.69, 9.17) is 16.0 Å². The lowest BCUT2D eigenvalue weighted by Crippen LogP contribution is -2.48. The van der Waals surface area contributed by atoms with Crippen LogP contribution >= 0.6 is 11.6 Å². The summed E-state index contributed by atoms with van der Waals surface area (Å²) in [5.41, 5.74) is 3.87. The monoisotopic (exact) mass is 400 g/mol. The Morgan fingerprint density at radius 2 is 1.96 bits per heavy atom. The lowest BCUT2D eigenvalue weighted by Gasteiger charge is -2.35. The molecule has 0 saturated carbocycles. The molecule has 146 valence electrons. The Bertz CT molecular complexity index is 1070. The molecule has 1 aliphatic heterocycles. The Labute approximate surface area is 166 Å². The predicted molar refractivity (Wildman–Crippen MR) is 110 cm³/mol. The van der Waals surface area contributed by atoms with Gasteiger partial charge >= 0.3 is 5.76 Å². The number of piperazine rings is 1. The molecule has 1 saturated heterocycles. The van der Waals surface area contributed by atoms with Gasteiger partial charge in [0.1, 0.15) is 0 Å². The molecule has 28 heavy (non-hydrogen) atoms. The van der Waals surface area contributed by atoms with Crippen molar-refractivity contribution in [2.45, 2.75) is 6.92 Å². The van der Waals surface area contributed by atoms with Crippen molar-refractivity contribution in [3.05, 3.63) is 57.5 Å². The number of anilines is 2. The number of amides is 1. The van der Waals surface area contributed by atoms with Crippen LogP contribution < -0.4 is 16.0 Å². The molecule has 1 fully saturated rings. The van der Waals surface area contributed by atoms with Crippen molar-refractivity contribution >= 4 is 40.0 Å². The number of aromatic amines is 1. The van der Waals surface area contributed by atoms with Crippen LogP contribution in [0.1, 0.15) is 5.56 Å². The van der Waals surface area contributed by atoms with Crippen LogP contribution in [-0.4, -0.2) is 48.5 Å². The van der Waals surface area contributed by atoms with Gasteiger partial charge in [-0.25, -0.2) is 4.79 Å². The number of hydrogen-bond acceptors (Lipinski definition) is 5. The maximum Gasteiger partial charge on any atom is 0.417 e. The average Bonchev–Trinajstić information content (AvgIpc) is 3.04. The smallest absolute Gasteiger partial charge is 0.408 e. The van der Waals surface area contributed by atoms with Crippen molar-refractivity contribution in [3.8, 4) is 0 Å². The number of rotatable bonds is 4. The van der Waals surface area contributed by atoms with E-state index in [-0.39, 0.29) is 5.91 Å². The van der Waals surface area contributed by atoms with E-state index in [1.54, 1.807) is 18.2 Å². The van der Waals surface area contributed by atoms with Gasteiger partial charge in [0.15, 0.2) is 5.58 Å². The molecule has 1 aliphatic rings. The molecule has 0 aliphatic carbocycles. The number of nitrogens with zero attached hydrogens (tertiary/aromatic N) is 2. The van der Waals surface area contributed by atoms with Crippen molar-refractivity contribution in [1.82, 2.24) is 9.88 Å². The van der Waals surface area contributed by atoms with E-state index in [1.165, 1.54) is 0 Å². The number of H-pyrrole nitrogens is 1. The first-order chi connectivity index (χ1) is 13.5. The van der Waals surface area contributed by atoms with Crippen LogP contribution in [0.4, 0.5) is 11.4 Å². The van der Waals surface area contributed by atoms with Gasteiger partial charge in [-0.1, -0.05) is 11.6 Å². The molecule has 0 unspecified atom stereocenters. The fourth-order valence-corrected chi connectivity index (χ4v) is 3.53. The van der Waals surface area contributed by atoms with Gasteiger partial charge < -0.3 is 14.6 Å². The van der Waals surface area contributed by atoms with Crippen LogP contribution in [-0.2, 0) is 4.79 Å². The van der Waals surface area contributed by atoms with Gasteiger partial charge in [0.25, 0.3) is 0 Å². The average molecular weight is 401 g/mol. The van der Waals surface area contributed by atoms with E-state index in [2.05, 4.69) is 26.2 Å². The minimum absolute atomic E-state index is 0.0898. The van der Waals surface area contributed by atoms with E-state index in [0.717, 1.165) is 42.5 Å². The van der Waals surface area contributed by atoms with Gasteiger partial charge in [-0.15, -0.1) is 0 Å². The van der Waals surface area contributed by atoms with Gasteiger partial charge in [-0.05, 0) is 42.8 Å². The minimum atomic E-state index is -0.507. The molecule has 0 atom stereocenters. The van der Waals surface area contributed by atoms with E-state index in [9.17, 15) is 9.59 Å².